The molecule has 0 spiro atoms. The molecule has 5 rings (SSSR count). The van der Waals surface area contributed by atoms with Gasteiger partial charge in [0.2, 0.25) is 0 Å². The number of anilines is 1. The van der Waals surface area contributed by atoms with Gasteiger partial charge in [0, 0.05) is 12.0 Å². The molecule has 0 aliphatic heterocycles. The Balaban J connectivity index is 1.47. The van der Waals surface area contributed by atoms with Gasteiger partial charge >= 0.3 is 13.7 Å². The maximum absolute atomic E-state index is 14.5. The molecule has 47 heavy (non-hydrogen) atoms. The third-order valence-electron chi connectivity index (χ3n) is 7.65. The molecule has 3 aromatic carbocycles. The number of hydrogen-bond acceptors (Lipinski definition) is 9. The lowest BCUT2D eigenvalue weighted by Crippen LogP contribution is -2.35. The third-order valence-corrected chi connectivity index (χ3v) is 9.30. The summed E-state index contributed by atoms with van der Waals surface area (Å²) in [5, 5.41) is 3.70. The molecule has 2 heterocycles. The van der Waals surface area contributed by atoms with Crippen molar-refractivity contribution in [3.8, 4) is 5.75 Å². The van der Waals surface area contributed by atoms with Crippen LogP contribution in [0.15, 0.2) is 84.9 Å². The third kappa shape index (κ3) is 8.55. The van der Waals surface area contributed by atoms with Crippen LogP contribution in [0.2, 0.25) is 0 Å². The first-order valence-corrected chi connectivity index (χ1v) is 17.5. The molecular formula is C35H42N5O6P. The van der Waals surface area contributed by atoms with Gasteiger partial charge in [-0.3, -0.25) is 9.32 Å². The molecule has 0 bridgehead atoms. The van der Waals surface area contributed by atoms with Crippen LogP contribution in [0.25, 0.3) is 21.9 Å². The van der Waals surface area contributed by atoms with E-state index in [-0.39, 0.29) is 25.9 Å². The first kappa shape index (κ1) is 34.1. The number of hydrogen-bond donors (Lipinski definition) is 2. The summed E-state index contributed by atoms with van der Waals surface area (Å²) in [6.07, 6.45) is 2.46. The van der Waals surface area contributed by atoms with Gasteiger partial charge in [-0.15, -0.1) is 0 Å². The van der Waals surface area contributed by atoms with Gasteiger partial charge in [0.25, 0.3) is 0 Å². The lowest BCUT2D eigenvalue weighted by atomic mass is 10.1. The molecule has 2 aromatic heterocycles. The van der Waals surface area contributed by atoms with E-state index in [4.69, 9.17) is 29.2 Å². The predicted molar refractivity (Wildman–Crippen MR) is 183 cm³/mol. The van der Waals surface area contributed by atoms with E-state index in [0.717, 1.165) is 34.8 Å². The average molecular weight is 660 g/mol. The summed E-state index contributed by atoms with van der Waals surface area (Å²) < 4.78 is 40.1. The van der Waals surface area contributed by atoms with Gasteiger partial charge in [-0.05, 0) is 44.0 Å². The van der Waals surface area contributed by atoms with E-state index in [1.165, 1.54) is 0 Å². The number of rotatable bonds is 17. The molecule has 0 aliphatic rings. The zero-order chi connectivity index (χ0) is 33.2. The summed E-state index contributed by atoms with van der Waals surface area (Å²) in [6, 6.07) is 24.5. The van der Waals surface area contributed by atoms with Gasteiger partial charge in [-0.25, -0.2) is 14.5 Å². The number of para-hydroxylation sites is 2. The van der Waals surface area contributed by atoms with Crippen LogP contribution >= 0.6 is 7.75 Å². The maximum atomic E-state index is 14.5. The number of pyridine rings is 1. The van der Waals surface area contributed by atoms with Crippen LogP contribution in [0.5, 0.6) is 5.75 Å². The molecular weight excluding hydrogens is 617 g/mol. The number of nitrogens with one attached hydrogen (secondary N) is 1. The van der Waals surface area contributed by atoms with Crippen LogP contribution in [0.4, 0.5) is 5.82 Å². The van der Waals surface area contributed by atoms with Crippen molar-refractivity contribution in [2.75, 3.05) is 18.9 Å². The highest BCUT2D eigenvalue weighted by atomic mass is 31.2. The van der Waals surface area contributed by atoms with Crippen LogP contribution in [0, 0.1) is 0 Å². The Labute approximate surface area is 275 Å². The van der Waals surface area contributed by atoms with Gasteiger partial charge in [-0.1, -0.05) is 86.5 Å². The van der Waals surface area contributed by atoms with Gasteiger partial charge in [0.15, 0.2) is 5.82 Å². The smallest absolute Gasteiger partial charge is 0.459 e. The molecule has 0 saturated carbocycles. The second kappa shape index (κ2) is 16.0. The fourth-order valence-corrected chi connectivity index (χ4v) is 6.85. The van der Waals surface area contributed by atoms with E-state index < -0.39 is 19.8 Å². The normalized spacial score (nSPS) is 14.1. The number of nitrogens with two attached hydrogens (primary N) is 1. The highest BCUT2D eigenvalue weighted by Crippen LogP contribution is 2.46. The Morgan fingerprint density at radius 2 is 1.66 bits per heavy atom. The number of nitrogen functional groups attached to an aromatic ring is 1. The van der Waals surface area contributed by atoms with Gasteiger partial charge < -0.3 is 24.3 Å². The van der Waals surface area contributed by atoms with E-state index in [0.29, 0.717) is 35.9 Å². The Bertz CT molecular complexity index is 1820. The second-order valence-corrected chi connectivity index (χ2v) is 12.9. The molecule has 12 heteroatoms. The summed E-state index contributed by atoms with van der Waals surface area (Å²) in [7, 11) is -4.14. The Morgan fingerprint density at radius 1 is 0.957 bits per heavy atom. The van der Waals surface area contributed by atoms with Crippen molar-refractivity contribution < 1.29 is 27.9 Å². The number of aromatic nitrogens is 3. The Kier molecular flexibility index (Phi) is 11.6. The molecule has 0 amide bonds. The lowest BCUT2D eigenvalue weighted by molar-refractivity contribution is -0.146. The SMILES string of the molecule is CCCC[C@H](COP(=O)(N[C@@H](C)C(=O)OCc1ccccc1)Oc1ccccc1)n1c(COCC)nc2c(N)nc3ccccc3c21. The minimum absolute atomic E-state index is 0.0238. The molecule has 5 aromatic rings. The highest BCUT2D eigenvalue weighted by molar-refractivity contribution is 7.52. The first-order chi connectivity index (χ1) is 22.8. The number of nitrogens with zero attached hydrogens (tertiary/aromatic N) is 3. The quantitative estimate of drug-likeness (QED) is 0.0769. The van der Waals surface area contributed by atoms with E-state index >= 15 is 0 Å². The summed E-state index contributed by atoms with van der Waals surface area (Å²) in [6.45, 7) is 6.39. The monoisotopic (exact) mass is 659 g/mol. The summed E-state index contributed by atoms with van der Waals surface area (Å²) in [5.74, 6) is 0.702. The molecule has 0 radical (unpaired) electrons. The summed E-state index contributed by atoms with van der Waals surface area (Å²) in [4.78, 5) is 22.5. The van der Waals surface area contributed by atoms with E-state index in [1.807, 2.05) is 67.6 Å². The molecule has 0 fully saturated rings. The number of carbonyl (C=O) groups excluding carboxylic acids is 1. The zero-order valence-corrected chi connectivity index (χ0v) is 27.9. The molecule has 0 saturated heterocycles. The standard InChI is InChI=1S/C35H42N5O6P/c1-4-6-17-27(40-31(24-43-5-2)38-32-33(40)29-20-13-14-21-30(29)37-34(32)36)23-45-47(42,46-28-18-11-8-12-19-28)39-25(3)35(41)44-22-26-15-9-7-10-16-26/h7-16,18-21,25,27H,4-6,17,22-24H2,1-3H3,(H2,36,37)(H,39,42)/t25-,27+,47?/m0/s1. The van der Waals surface area contributed by atoms with Crippen LogP contribution in [0.1, 0.15) is 57.5 Å². The number of carbonyl (C=O) groups is 1. The van der Waals surface area contributed by atoms with Gasteiger partial charge in [-0.2, -0.15) is 5.09 Å². The van der Waals surface area contributed by atoms with Crippen molar-refractivity contribution in [2.45, 2.75) is 65.3 Å². The fraction of sp³-hybridized carbons (Fsp3) is 0.343. The zero-order valence-electron chi connectivity index (χ0n) is 27.0. The number of ether oxygens (including phenoxy) is 2. The number of unbranched alkanes of at least 4 members (excludes halogenated alkanes) is 1. The van der Waals surface area contributed by atoms with Crippen molar-refractivity contribution in [1.82, 2.24) is 19.6 Å². The Hall–Kier alpha value is -4.28. The molecule has 1 unspecified atom stereocenters. The number of esters is 1. The molecule has 11 nitrogen and oxygen atoms in total. The van der Waals surface area contributed by atoms with Crippen LogP contribution < -0.4 is 15.3 Å². The van der Waals surface area contributed by atoms with E-state index in [2.05, 4.69) is 21.6 Å². The molecule has 248 valence electrons. The average Bonchev–Trinajstić information content (AvgIpc) is 3.47. The van der Waals surface area contributed by atoms with Crippen molar-refractivity contribution in [1.29, 1.82) is 0 Å². The Morgan fingerprint density at radius 3 is 2.38 bits per heavy atom. The molecule has 0 aliphatic carbocycles. The topological polar surface area (TPSA) is 140 Å². The second-order valence-electron chi connectivity index (χ2n) is 11.2. The van der Waals surface area contributed by atoms with Crippen molar-refractivity contribution in [3.05, 3.63) is 96.3 Å². The van der Waals surface area contributed by atoms with E-state index in [1.54, 1.807) is 31.2 Å². The van der Waals surface area contributed by atoms with Gasteiger partial charge in [0.1, 0.15) is 36.3 Å². The van der Waals surface area contributed by atoms with Crippen molar-refractivity contribution in [2.24, 2.45) is 0 Å². The number of benzene rings is 3. The molecule has 3 N–H and O–H groups in total. The van der Waals surface area contributed by atoms with Crippen LogP contribution in [-0.4, -0.2) is 39.8 Å². The minimum atomic E-state index is -4.14. The summed E-state index contributed by atoms with van der Waals surface area (Å²) in [5.41, 5.74) is 9.37. The predicted octanol–water partition coefficient (Wildman–Crippen LogP) is 7.36. The molecule has 3 atom stereocenters. The first-order valence-electron chi connectivity index (χ1n) is 15.9. The number of fused-ring (bicyclic) bond motifs is 3. The fourth-order valence-electron chi connectivity index (χ4n) is 5.32. The maximum Gasteiger partial charge on any atom is 0.459 e. The largest absolute Gasteiger partial charge is 0.460 e. The van der Waals surface area contributed by atoms with Crippen LogP contribution in [0.3, 0.4) is 0 Å². The van der Waals surface area contributed by atoms with E-state index in [9.17, 15) is 9.36 Å². The lowest BCUT2D eigenvalue weighted by Gasteiger charge is -2.27. The minimum Gasteiger partial charge on any atom is -0.460 e. The highest BCUT2D eigenvalue weighted by Gasteiger charge is 2.34. The van der Waals surface area contributed by atoms with Gasteiger partial charge in [0.05, 0.1) is 23.7 Å². The van der Waals surface area contributed by atoms with Crippen molar-refractivity contribution >= 4 is 41.5 Å². The van der Waals surface area contributed by atoms with Crippen molar-refractivity contribution in [3.63, 3.8) is 0 Å². The van der Waals surface area contributed by atoms with Crippen LogP contribution in [-0.2, 0) is 36.6 Å². The number of imidazole rings is 1. The summed E-state index contributed by atoms with van der Waals surface area (Å²) >= 11 is 0.